The normalized spacial score (nSPS) is 17.1. The van der Waals surface area contributed by atoms with Gasteiger partial charge in [0.15, 0.2) is 0 Å². The largest absolute Gasteiger partial charge is 0.381 e. The smallest absolute Gasteiger partial charge is 0.230 e. The molecule has 0 radical (unpaired) electrons. The number of ether oxygens (including phenoxy) is 1. The molecule has 0 aromatic carbocycles. The Hall–Kier alpha value is -3.13. The zero-order valence-electron chi connectivity index (χ0n) is 16.8. The van der Waals surface area contributed by atoms with Gasteiger partial charge in [-0.15, -0.1) is 0 Å². The highest BCUT2D eigenvalue weighted by Crippen LogP contribution is 2.35. The van der Waals surface area contributed by atoms with Crippen LogP contribution in [-0.2, 0) is 11.2 Å². The van der Waals surface area contributed by atoms with Crippen molar-refractivity contribution in [2.24, 2.45) is 5.92 Å². The molecule has 0 atom stereocenters. The van der Waals surface area contributed by atoms with Crippen LogP contribution < -0.4 is 10.6 Å². The predicted octanol–water partition coefficient (Wildman–Crippen LogP) is 3.18. The molecule has 2 aliphatic rings. The molecule has 1 aliphatic heterocycles. The van der Waals surface area contributed by atoms with Gasteiger partial charge in [0, 0.05) is 55.3 Å². The lowest BCUT2D eigenvalue weighted by Gasteiger charge is -2.34. The Morgan fingerprint density at radius 3 is 2.53 bits per heavy atom. The number of rotatable bonds is 6. The summed E-state index contributed by atoms with van der Waals surface area (Å²) in [6.07, 6.45) is 12.5. The second-order valence-electron chi connectivity index (χ2n) is 7.90. The van der Waals surface area contributed by atoms with Gasteiger partial charge in [-0.25, -0.2) is 19.9 Å². The fraction of sp³-hybridized carbons (Fsp3) is 0.409. The number of aromatic nitrogens is 5. The van der Waals surface area contributed by atoms with Crippen molar-refractivity contribution in [3.8, 4) is 11.3 Å². The Labute approximate surface area is 175 Å². The van der Waals surface area contributed by atoms with E-state index in [-0.39, 0.29) is 6.04 Å². The molecule has 1 saturated heterocycles. The van der Waals surface area contributed by atoms with Crippen molar-refractivity contribution in [3.63, 3.8) is 0 Å². The van der Waals surface area contributed by atoms with Crippen LogP contribution in [0.2, 0.25) is 0 Å². The molecule has 2 fully saturated rings. The molecule has 154 valence electrons. The van der Waals surface area contributed by atoms with Gasteiger partial charge in [-0.2, -0.15) is 0 Å². The zero-order chi connectivity index (χ0) is 20.3. The van der Waals surface area contributed by atoms with Crippen LogP contribution in [0.3, 0.4) is 0 Å². The summed E-state index contributed by atoms with van der Waals surface area (Å²) < 4.78 is 5.58. The molecular weight excluding hydrogens is 378 g/mol. The summed E-state index contributed by atoms with van der Waals surface area (Å²) in [5, 5.41) is 0. The average molecular weight is 403 g/mol. The highest BCUT2D eigenvalue weighted by Gasteiger charge is 2.27. The molecule has 1 saturated carbocycles. The lowest BCUT2D eigenvalue weighted by molar-refractivity contribution is 0.0863. The van der Waals surface area contributed by atoms with Crippen LogP contribution in [0.25, 0.3) is 11.3 Å². The Morgan fingerprint density at radius 2 is 1.77 bits per heavy atom. The number of nitrogen functional groups attached to an aromatic ring is 1. The van der Waals surface area contributed by atoms with E-state index < -0.39 is 0 Å². The van der Waals surface area contributed by atoms with E-state index in [1.54, 1.807) is 18.6 Å². The molecule has 30 heavy (non-hydrogen) atoms. The Bertz CT molecular complexity index is 1000. The fourth-order valence-corrected chi connectivity index (χ4v) is 3.95. The first-order valence-corrected chi connectivity index (χ1v) is 10.5. The van der Waals surface area contributed by atoms with Gasteiger partial charge < -0.3 is 15.4 Å². The summed E-state index contributed by atoms with van der Waals surface area (Å²) in [5.74, 6) is 1.67. The van der Waals surface area contributed by atoms with Gasteiger partial charge in [0.2, 0.25) is 11.9 Å². The number of nitrogens with two attached hydrogens (primary N) is 1. The van der Waals surface area contributed by atoms with Gasteiger partial charge in [-0.1, -0.05) is 0 Å². The minimum atomic E-state index is 0.269. The molecule has 0 amide bonds. The number of anilines is 3. The topological polar surface area (TPSA) is 103 Å². The molecule has 3 aromatic rings. The molecular formula is C22H25N7O. The first kappa shape index (κ1) is 18.9. The van der Waals surface area contributed by atoms with Crippen molar-refractivity contribution >= 4 is 17.6 Å². The van der Waals surface area contributed by atoms with E-state index in [9.17, 15) is 0 Å². The molecule has 2 N–H and O–H groups in total. The summed E-state index contributed by atoms with van der Waals surface area (Å²) in [4.78, 5) is 24.7. The van der Waals surface area contributed by atoms with E-state index in [4.69, 9.17) is 15.5 Å². The lowest BCUT2D eigenvalue weighted by atomic mass is 10.1. The fourth-order valence-electron chi connectivity index (χ4n) is 3.95. The molecule has 8 nitrogen and oxygen atoms in total. The van der Waals surface area contributed by atoms with Crippen molar-refractivity contribution in [1.29, 1.82) is 0 Å². The lowest BCUT2D eigenvalue weighted by Crippen LogP contribution is -2.37. The maximum absolute atomic E-state index is 5.87. The van der Waals surface area contributed by atoms with Crippen LogP contribution in [-0.4, -0.2) is 44.2 Å². The minimum absolute atomic E-state index is 0.269. The van der Waals surface area contributed by atoms with Crippen molar-refractivity contribution in [1.82, 2.24) is 24.9 Å². The first-order valence-electron chi connectivity index (χ1n) is 10.5. The van der Waals surface area contributed by atoms with Crippen LogP contribution in [0.15, 0.2) is 43.0 Å². The molecule has 0 spiro atoms. The maximum atomic E-state index is 5.87. The molecule has 3 aromatic heterocycles. The summed E-state index contributed by atoms with van der Waals surface area (Å²) in [5.41, 5.74) is 9.62. The third-order valence-corrected chi connectivity index (χ3v) is 5.70. The van der Waals surface area contributed by atoms with E-state index in [0.29, 0.717) is 17.8 Å². The van der Waals surface area contributed by atoms with Gasteiger partial charge in [-0.05, 0) is 56.2 Å². The van der Waals surface area contributed by atoms with E-state index in [1.807, 2.05) is 24.4 Å². The molecule has 0 unspecified atom stereocenters. The highest BCUT2D eigenvalue weighted by atomic mass is 16.5. The van der Waals surface area contributed by atoms with Gasteiger partial charge in [-0.3, -0.25) is 4.98 Å². The molecule has 0 bridgehead atoms. The van der Waals surface area contributed by atoms with Crippen LogP contribution in [0, 0.1) is 5.92 Å². The molecule has 5 rings (SSSR count). The zero-order valence-corrected chi connectivity index (χ0v) is 16.8. The van der Waals surface area contributed by atoms with Crippen molar-refractivity contribution in [2.45, 2.75) is 38.1 Å². The predicted molar refractivity (Wildman–Crippen MR) is 114 cm³/mol. The second-order valence-corrected chi connectivity index (χ2v) is 7.90. The highest BCUT2D eigenvalue weighted by molar-refractivity contribution is 5.65. The average Bonchev–Trinajstić information content (AvgIpc) is 3.60. The van der Waals surface area contributed by atoms with E-state index >= 15 is 0 Å². The van der Waals surface area contributed by atoms with Gasteiger partial charge in [0.25, 0.3) is 0 Å². The number of hydrogen-bond donors (Lipinski definition) is 1. The third kappa shape index (κ3) is 4.09. The van der Waals surface area contributed by atoms with Crippen LogP contribution >= 0.6 is 0 Å². The van der Waals surface area contributed by atoms with Crippen molar-refractivity contribution in [2.75, 3.05) is 23.8 Å². The number of nitrogens with zero attached hydrogens (tertiary/aromatic N) is 6. The molecule has 4 heterocycles. The van der Waals surface area contributed by atoms with E-state index in [1.165, 1.54) is 12.8 Å². The molecule has 8 heteroatoms. The van der Waals surface area contributed by atoms with Crippen LogP contribution in [0.1, 0.15) is 31.4 Å². The Balaban J connectivity index is 1.54. The summed E-state index contributed by atoms with van der Waals surface area (Å²) in [6.45, 7) is 1.48. The van der Waals surface area contributed by atoms with Crippen LogP contribution in [0.4, 0.5) is 17.6 Å². The minimum Gasteiger partial charge on any atom is -0.381 e. The Kier molecular flexibility index (Phi) is 5.23. The van der Waals surface area contributed by atoms with Crippen LogP contribution in [0.5, 0.6) is 0 Å². The van der Waals surface area contributed by atoms with Gasteiger partial charge >= 0.3 is 0 Å². The van der Waals surface area contributed by atoms with Gasteiger partial charge in [0.05, 0.1) is 11.4 Å². The van der Waals surface area contributed by atoms with E-state index in [2.05, 4.69) is 24.8 Å². The third-order valence-electron chi connectivity index (χ3n) is 5.70. The van der Waals surface area contributed by atoms with Crippen molar-refractivity contribution < 1.29 is 4.74 Å². The summed E-state index contributed by atoms with van der Waals surface area (Å²) in [7, 11) is 0. The standard InChI is InChI=1S/C22H25N7O/c23-21-26-14-18(20(27-21)13-15-1-2-15)19-5-10-25-22(28-19)29(16-3-8-24-9-4-16)17-6-11-30-12-7-17/h3-5,8-10,14-15,17H,1-2,6-7,11-13H2,(H2,23,26,27). The first-order chi connectivity index (χ1) is 14.8. The molecule has 1 aliphatic carbocycles. The summed E-state index contributed by atoms with van der Waals surface area (Å²) in [6, 6.07) is 6.18. The Morgan fingerprint density at radius 1 is 0.967 bits per heavy atom. The second kappa shape index (κ2) is 8.31. The SMILES string of the molecule is Nc1ncc(-c2ccnc(N(c3ccncc3)C3CCOCC3)n2)c(CC2CC2)n1. The van der Waals surface area contributed by atoms with E-state index in [0.717, 1.165) is 55.1 Å². The number of pyridine rings is 1. The van der Waals surface area contributed by atoms with Gasteiger partial charge in [0.1, 0.15) is 0 Å². The monoisotopic (exact) mass is 403 g/mol. The maximum Gasteiger partial charge on any atom is 0.230 e. The summed E-state index contributed by atoms with van der Waals surface area (Å²) >= 11 is 0. The quantitative estimate of drug-likeness (QED) is 0.669. The van der Waals surface area contributed by atoms with Crippen molar-refractivity contribution in [3.05, 3.63) is 48.7 Å². The number of hydrogen-bond acceptors (Lipinski definition) is 8.